The molecule has 4 aliphatic rings. The number of fused-ring (bicyclic) bond motifs is 2. The third-order valence-corrected chi connectivity index (χ3v) is 9.87. The molecule has 3 aromatic rings. The van der Waals surface area contributed by atoms with Crippen LogP contribution < -0.4 is 5.32 Å². The highest BCUT2D eigenvalue weighted by molar-refractivity contribution is 6.10. The van der Waals surface area contributed by atoms with Gasteiger partial charge in [0.1, 0.15) is 17.9 Å². The molecule has 2 aliphatic heterocycles. The Bertz CT molecular complexity index is 1790. The van der Waals surface area contributed by atoms with Crippen molar-refractivity contribution in [1.29, 1.82) is 0 Å². The van der Waals surface area contributed by atoms with Gasteiger partial charge in [-0.1, -0.05) is 24.3 Å². The van der Waals surface area contributed by atoms with Crippen molar-refractivity contribution in [2.45, 2.75) is 55.5 Å². The lowest BCUT2D eigenvalue weighted by Gasteiger charge is -2.34. The van der Waals surface area contributed by atoms with E-state index in [1.54, 1.807) is 17.1 Å². The summed E-state index contributed by atoms with van der Waals surface area (Å²) in [6, 6.07) is 7.45. The fraction of sp³-hybridized carbons (Fsp3) is 0.455. The van der Waals surface area contributed by atoms with E-state index in [0.717, 1.165) is 31.8 Å². The average molecular weight is 691 g/mol. The molecule has 10 nitrogen and oxygen atoms in total. The first kappa shape index (κ1) is 33.1. The quantitative estimate of drug-likeness (QED) is 0.264. The third-order valence-electron chi connectivity index (χ3n) is 9.87. The normalized spacial score (nSPS) is 22.8. The van der Waals surface area contributed by atoms with Gasteiger partial charge >= 0.3 is 12.2 Å². The largest absolute Gasteiger partial charge is 0.411 e. The van der Waals surface area contributed by atoms with Crippen LogP contribution in [0.15, 0.2) is 54.9 Å². The van der Waals surface area contributed by atoms with Crippen LogP contribution in [0.2, 0.25) is 0 Å². The van der Waals surface area contributed by atoms with E-state index in [0.29, 0.717) is 40.7 Å². The molecule has 0 bridgehead atoms. The molecule has 1 saturated carbocycles. The second-order valence-electron chi connectivity index (χ2n) is 13.0. The van der Waals surface area contributed by atoms with Crippen molar-refractivity contribution in [2.75, 3.05) is 39.4 Å². The Morgan fingerprint density at radius 1 is 0.980 bits per heavy atom. The number of ether oxygens (including phenoxy) is 1. The van der Waals surface area contributed by atoms with Gasteiger partial charge in [0.2, 0.25) is 5.91 Å². The second kappa shape index (κ2) is 11.9. The molecule has 1 spiro atoms. The number of halogens is 6. The first-order chi connectivity index (χ1) is 23.2. The molecule has 2 saturated heterocycles. The zero-order chi connectivity index (χ0) is 34.8. The van der Waals surface area contributed by atoms with Gasteiger partial charge in [0.25, 0.3) is 11.8 Å². The van der Waals surface area contributed by atoms with Crippen molar-refractivity contribution in [3.63, 3.8) is 0 Å². The third kappa shape index (κ3) is 5.83. The molecule has 2 aromatic carbocycles. The summed E-state index contributed by atoms with van der Waals surface area (Å²) in [5.74, 6) is -6.56. The predicted octanol–water partition coefficient (Wildman–Crippen LogP) is 4.39. The Morgan fingerprint density at radius 3 is 2.37 bits per heavy atom. The highest BCUT2D eigenvalue weighted by Gasteiger charge is 2.69. The zero-order valence-corrected chi connectivity index (χ0v) is 26.1. The number of morpholine rings is 1. The predicted molar refractivity (Wildman–Crippen MR) is 160 cm³/mol. The molecule has 1 aromatic heterocycles. The Morgan fingerprint density at radius 2 is 1.69 bits per heavy atom. The highest BCUT2D eigenvalue weighted by atomic mass is 19.4. The van der Waals surface area contributed by atoms with Gasteiger partial charge in [-0.05, 0) is 47.7 Å². The van der Waals surface area contributed by atoms with Crippen LogP contribution in [0.4, 0.5) is 31.1 Å². The number of hydrogen-bond donors (Lipinski definition) is 1. The maximum atomic E-state index is 15.7. The number of nitrogens with one attached hydrogen (secondary N) is 1. The van der Waals surface area contributed by atoms with Crippen LogP contribution in [0.25, 0.3) is 11.1 Å². The van der Waals surface area contributed by atoms with Gasteiger partial charge in [0.15, 0.2) is 5.54 Å². The summed E-state index contributed by atoms with van der Waals surface area (Å²) in [7, 11) is 0. The monoisotopic (exact) mass is 690 g/mol. The molecule has 3 heterocycles. The van der Waals surface area contributed by atoms with Gasteiger partial charge < -0.3 is 15.0 Å². The topological polar surface area (TPSA) is 100 Å². The van der Waals surface area contributed by atoms with Crippen LogP contribution in [0, 0.1) is 5.82 Å². The smallest absolute Gasteiger partial charge is 0.379 e. The molecule has 4 amide bonds. The number of alkyl halides is 5. The van der Waals surface area contributed by atoms with Crippen molar-refractivity contribution >= 4 is 17.8 Å². The average Bonchev–Trinajstić information content (AvgIpc) is 3.62. The molecule has 0 unspecified atom stereocenters. The molecule has 1 atom stereocenters. The van der Waals surface area contributed by atoms with Gasteiger partial charge in [-0.15, -0.1) is 0 Å². The number of benzene rings is 2. The van der Waals surface area contributed by atoms with Gasteiger partial charge in [-0.2, -0.15) is 18.3 Å². The number of hydrogen-bond acceptors (Lipinski definition) is 6. The van der Waals surface area contributed by atoms with E-state index in [2.05, 4.69) is 15.3 Å². The molecule has 1 N–H and O–H groups in total. The molecular weight excluding hydrogens is 658 g/mol. The van der Waals surface area contributed by atoms with Crippen molar-refractivity contribution in [3.8, 4) is 11.1 Å². The van der Waals surface area contributed by atoms with Crippen LogP contribution in [0.3, 0.4) is 0 Å². The minimum absolute atomic E-state index is 0.161. The fourth-order valence-corrected chi connectivity index (χ4v) is 6.99. The van der Waals surface area contributed by atoms with Crippen molar-refractivity contribution in [1.82, 2.24) is 29.8 Å². The first-order valence-electron chi connectivity index (χ1n) is 15.8. The summed E-state index contributed by atoms with van der Waals surface area (Å²) >= 11 is 0. The van der Waals surface area contributed by atoms with Crippen LogP contribution in [-0.2, 0) is 38.9 Å². The number of carbonyl (C=O) groups is 3. The highest BCUT2D eigenvalue weighted by Crippen LogP contribution is 2.55. The van der Waals surface area contributed by atoms with E-state index in [9.17, 15) is 31.9 Å². The summed E-state index contributed by atoms with van der Waals surface area (Å²) < 4.78 is 94.4. The first-order valence-corrected chi connectivity index (χ1v) is 15.8. The summed E-state index contributed by atoms with van der Waals surface area (Å²) in [6.45, 7) is 2.55. The van der Waals surface area contributed by atoms with Crippen molar-refractivity contribution < 1.29 is 45.5 Å². The number of imide groups is 1. The molecule has 2 aliphatic carbocycles. The van der Waals surface area contributed by atoms with Crippen LogP contribution in [0.1, 0.15) is 36.0 Å². The minimum atomic E-state index is -4.83. The fourth-order valence-electron chi connectivity index (χ4n) is 6.99. The number of nitrogens with zero attached hydrogens (tertiary/aromatic N) is 5. The van der Waals surface area contributed by atoms with Gasteiger partial charge in [0.05, 0.1) is 32.4 Å². The molecule has 7 rings (SSSR count). The lowest BCUT2D eigenvalue weighted by Crippen LogP contribution is -2.54. The van der Waals surface area contributed by atoms with Crippen LogP contribution in [0.5, 0.6) is 0 Å². The number of carbonyl (C=O) groups excluding carboxylic acids is 3. The number of rotatable bonds is 9. The Kier molecular flexibility index (Phi) is 8.01. The Labute approximate surface area is 276 Å². The van der Waals surface area contributed by atoms with Crippen LogP contribution >= 0.6 is 0 Å². The summed E-state index contributed by atoms with van der Waals surface area (Å²) in [6.07, 6.45) is -3.48. The minimum Gasteiger partial charge on any atom is -0.379 e. The van der Waals surface area contributed by atoms with E-state index in [4.69, 9.17) is 4.74 Å². The van der Waals surface area contributed by atoms with E-state index < -0.39 is 84.8 Å². The Balaban J connectivity index is 1.11. The molecule has 16 heteroatoms. The van der Waals surface area contributed by atoms with Gasteiger partial charge in [0, 0.05) is 43.5 Å². The van der Waals surface area contributed by atoms with Gasteiger partial charge in [-0.25, -0.2) is 18.0 Å². The molecule has 49 heavy (non-hydrogen) atoms. The van der Waals surface area contributed by atoms with Crippen molar-refractivity contribution in [2.24, 2.45) is 0 Å². The van der Waals surface area contributed by atoms with E-state index in [-0.39, 0.29) is 11.1 Å². The van der Waals surface area contributed by atoms with Gasteiger partial charge in [-0.3, -0.25) is 24.1 Å². The zero-order valence-electron chi connectivity index (χ0n) is 26.1. The second-order valence-corrected chi connectivity index (χ2v) is 13.0. The number of aromatic nitrogens is 2. The number of amides is 4. The van der Waals surface area contributed by atoms with Crippen LogP contribution in [-0.4, -0.2) is 93.4 Å². The van der Waals surface area contributed by atoms with Crippen molar-refractivity contribution in [3.05, 3.63) is 77.4 Å². The summed E-state index contributed by atoms with van der Waals surface area (Å²) in [4.78, 5) is 43.6. The maximum absolute atomic E-state index is 15.7. The molecule has 3 fully saturated rings. The summed E-state index contributed by atoms with van der Waals surface area (Å²) in [5, 5.41) is 6.68. The lowest BCUT2D eigenvalue weighted by atomic mass is 9.90. The maximum Gasteiger partial charge on any atom is 0.411 e. The Hall–Kier alpha value is -4.44. The SMILES string of the molecule is O=C1N[C@]2(CC(F)(F)c3cc(-c4cnn(CCN5CCOCC5)c4)ccc32)C(=O)N1CC(=O)N(Cc1ccc(F)cc1)C1(C(F)(F)F)CC1. The molecule has 0 radical (unpaired) electrons. The van der Waals surface area contributed by atoms with E-state index in [1.807, 2.05) is 0 Å². The summed E-state index contributed by atoms with van der Waals surface area (Å²) in [5.41, 5.74) is -4.23. The standard InChI is InChI=1S/C33H32F6N6O4/c34-24-4-1-21(2-5-24)17-45(30(7-8-30)33(37,38)39)27(46)19-44-28(47)31(41-29(44)48)20-32(35,36)26-15-22(3-6-25(26)31)23-16-40-43(18-23)10-9-42-11-13-49-14-12-42/h1-6,15-16,18H,7-14,17,19-20H2,(H,41,48)/t31-/m0/s1. The molecule has 260 valence electrons. The lowest BCUT2D eigenvalue weighted by molar-refractivity contribution is -0.202. The molecular formula is C33H32F6N6O4. The van der Waals surface area contributed by atoms with E-state index >= 15 is 8.78 Å². The van der Waals surface area contributed by atoms with E-state index in [1.165, 1.54) is 30.3 Å². The number of urea groups is 1.